The van der Waals surface area contributed by atoms with E-state index in [4.69, 9.17) is 27.9 Å². The second kappa shape index (κ2) is 12.6. The average Bonchev–Trinajstić information content (AvgIpc) is 2.88. The maximum atomic E-state index is 13.4. The summed E-state index contributed by atoms with van der Waals surface area (Å²) in [5.41, 5.74) is 0.504. The molecular formula is C26H20Cl2N3NaO6S. The number of nitrogens with zero attached hydrogens (tertiary/aromatic N) is 2. The third kappa shape index (κ3) is 6.72. The molecule has 0 fully saturated rings. The normalized spacial score (nSPS) is 11.4. The van der Waals surface area contributed by atoms with Gasteiger partial charge in [0.1, 0.15) is 11.4 Å². The Morgan fingerprint density at radius 2 is 1.72 bits per heavy atom. The number of carbonyl (C=O) groups is 1. The van der Waals surface area contributed by atoms with Crippen LogP contribution >= 0.6 is 23.2 Å². The molecular weight excluding hydrogens is 576 g/mol. The Balaban J connectivity index is 0.00000420. The van der Waals surface area contributed by atoms with Gasteiger partial charge in [0.2, 0.25) is 0 Å². The van der Waals surface area contributed by atoms with Crippen LogP contribution in [0.4, 0.5) is 17.1 Å². The summed E-state index contributed by atoms with van der Waals surface area (Å²) in [4.78, 5) is 12.7. The molecule has 13 heteroatoms. The summed E-state index contributed by atoms with van der Waals surface area (Å²) in [5, 5.41) is 25.5. The van der Waals surface area contributed by atoms with E-state index in [-0.39, 0.29) is 67.1 Å². The van der Waals surface area contributed by atoms with Gasteiger partial charge in [0, 0.05) is 17.0 Å². The number of halogens is 2. The summed E-state index contributed by atoms with van der Waals surface area (Å²) >= 11 is 12.5. The number of nitrogens with one attached hydrogen (secondary N) is 1. The third-order valence-corrected chi connectivity index (χ3v) is 7.12. The van der Waals surface area contributed by atoms with Crippen LogP contribution in [0.2, 0.25) is 10.0 Å². The van der Waals surface area contributed by atoms with Gasteiger partial charge in [-0.3, -0.25) is 9.35 Å². The van der Waals surface area contributed by atoms with E-state index in [0.29, 0.717) is 28.5 Å². The molecule has 0 aromatic heterocycles. The summed E-state index contributed by atoms with van der Waals surface area (Å²) in [6, 6.07) is 15.3. The Bertz CT molecular complexity index is 1710. The van der Waals surface area contributed by atoms with Crippen LogP contribution in [-0.2, 0) is 16.5 Å². The molecule has 39 heavy (non-hydrogen) atoms. The van der Waals surface area contributed by atoms with Gasteiger partial charge in [-0.2, -0.15) is 13.5 Å². The Morgan fingerprint density at radius 1 is 1.03 bits per heavy atom. The minimum atomic E-state index is -4.49. The molecule has 0 aliphatic heterocycles. The zero-order valence-corrected chi connectivity index (χ0v) is 25.4. The summed E-state index contributed by atoms with van der Waals surface area (Å²) in [6.45, 7) is 1.74. The molecule has 4 aromatic rings. The van der Waals surface area contributed by atoms with E-state index in [1.165, 1.54) is 25.3 Å². The van der Waals surface area contributed by atoms with Crippen LogP contribution in [0, 0.1) is 0 Å². The predicted octanol–water partition coefficient (Wildman–Crippen LogP) is 3.71. The van der Waals surface area contributed by atoms with E-state index < -0.39 is 21.8 Å². The number of fused-ring (bicyclic) bond motifs is 1. The van der Waals surface area contributed by atoms with Gasteiger partial charge in [-0.15, -0.1) is 5.11 Å². The first kappa shape index (κ1) is 30.8. The number of hydrogen-bond acceptors (Lipinski definition) is 7. The van der Waals surface area contributed by atoms with Crippen LogP contribution in [0.1, 0.15) is 22.8 Å². The van der Waals surface area contributed by atoms with Crippen molar-refractivity contribution in [2.75, 3.05) is 12.4 Å². The van der Waals surface area contributed by atoms with Crippen LogP contribution in [0.15, 0.2) is 75.8 Å². The number of aryl methyl sites for hydroxylation is 1. The minimum absolute atomic E-state index is 0. The quantitative estimate of drug-likeness (QED) is 0.189. The fourth-order valence-corrected chi connectivity index (χ4v) is 4.87. The molecule has 196 valence electrons. The number of carbonyl (C=O) groups excluding carboxylic acids is 1. The van der Waals surface area contributed by atoms with E-state index in [1.807, 2.05) is 0 Å². The Morgan fingerprint density at radius 3 is 2.36 bits per heavy atom. The van der Waals surface area contributed by atoms with Crippen molar-refractivity contribution in [1.29, 1.82) is 0 Å². The first-order valence-corrected chi connectivity index (χ1v) is 13.3. The summed E-state index contributed by atoms with van der Waals surface area (Å²) in [7, 11) is -3.01. The van der Waals surface area contributed by atoms with Gasteiger partial charge in [-0.05, 0) is 47.7 Å². The fraction of sp³-hybridized carbons (Fsp3) is 0.115. The summed E-state index contributed by atoms with van der Waals surface area (Å²) in [5.74, 6) is -0.881. The van der Waals surface area contributed by atoms with E-state index in [0.717, 1.165) is 6.07 Å². The standard InChI is InChI=1S/C26H21Cl2N3O6S.Na/c1-3-14-10-17(38(34,35)36)13-21(28)23(14)30-31-24-18-7-5-4-6-15(18)11-19(25(24)32)26(33)29-22-9-8-16(37-2)12-20(22)27;/h4-13,32H,3H2,1-2H3,(H,29,33)(H,34,35,36);/q;+1/p-1. The smallest absolute Gasteiger partial charge is 0.870 e. The van der Waals surface area contributed by atoms with Crippen molar-refractivity contribution in [3.05, 3.63) is 81.8 Å². The van der Waals surface area contributed by atoms with Crippen molar-refractivity contribution in [3.63, 3.8) is 0 Å². The molecule has 0 spiro atoms. The van der Waals surface area contributed by atoms with Crippen LogP contribution in [0.5, 0.6) is 11.5 Å². The van der Waals surface area contributed by atoms with E-state index in [1.54, 1.807) is 43.3 Å². The fourth-order valence-electron chi connectivity index (χ4n) is 3.75. The minimum Gasteiger partial charge on any atom is -0.870 e. The molecule has 0 bridgehead atoms. The number of rotatable bonds is 7. The molecule has 4 aromatic carbocycles. The number of amides is 1. The van der Waals surface area contributed by atoms with E-state index >= 15 is 0 Å². The average molecular weight is 596 g/mol. The van der Waals surface area contributed by atoms with Gasteiger partial charge in [0.05, 0.1) is 33.4 Å². The number of methoxy groups -OCH3 is 1. The SMILES string of the molecule is CCc1cc(S(=O)(=O)O)cc(Cl)c1N=Nc1c([O-])c(C(=O)Nc2ccc(OC)cc2Cl)cc2ccccc12.[Na+]. The van der Waals surface area contributed by atoms with Crippen molar-refractivity contribution >= 4 is 67.1 Å². The van der Waals surface area contributed by atoms with Crippen LogP contribution in [0.25, 0.3) is 10.8 Å². The molecule has 0 atom stereocenters. The Labute approximate surface area is 256 Å². The monoisotopic (exact) mass is 595 g/mol. The van der Waals surface area contributed by atoms with Crippen molar-refractivity contribution in [1.82, 2.24) is 0 Å². The first-order valence-electron chi connectivity index (χ1n) is 11.1. The molecule has 0 saturated heterocycles. The van der Waals surface area contributed by atoms with Crippen LogP contribution in [0.3, 0.4) is 0 Å². The van der Waals surface area contributed by atoms with Gasteiger partial charge < -0.3 is 15.2 Å². The molecule has 0 aliphatic carbocycles. The zero-order chi connectivity index (χ0) is 27.6. The van der Waals surface area contributed by atoms with E-state index in [9.17, 15) is 22.9 Å². The largest absolute Gasteiger partial charge is 1.00 e. The van der Waals surface area contributed by atoms with E-state index in [2.05, 4.69) is 15.5 Å². The van der Waals surface area contributed by atoms with Gasteiger partial charge in [0.25, 0.3) is 16.0 Å². The molecule has 1 amide bonds. The molecule has 0 heterocycles. The number of ether oxygens (including phenoxy) is 1. The zero-order valence-electron chi connectivity index (χ0n) is 21.0. The molecule has 0 aliphatic rings. The number of anilines is 1. The number of hydrogen-bond donors (Lipinski definition) is 2. The van der Waals surface area contributed by atoms with Crippen LogP contribution in [-0.4, -0.2) is 26.0 Å². The third-order valence-electron chi connectivity index (χ3n) is 5.69. The predicted molar refractivity (Wildman–Crippen MR) is 144 cm³/mol. The van der Waals surface area contributed by atoms with Crippen molar-refractivity contribution in [3.8, 4) is 11.5 Å². The second-order valence-corrected chi connectivity index (χ2v) is 10.3. The van der Waals surface area contributed by atoms with Crippen molar-refractivity contribution < 1.29 is 57.2 Å². The second-order valence-electron chi connectivity index (χ2n) is 8.06. The molecule has 0 radical (unpaired) electrons. The van der Waals surface area contributed by atoms with Crippen LogP contribution < -0.4 is 44.7 Å². The topological polar surface area (TPSA) is 140 Å². The molecule has 0 unspecified atom stereocenters. The molecule has 0 saturated carbocycles. The Hall–Kier alpha value is -2.70. The molecule has 2 N–H and O–H groups in total. The summed E-state index contributed by atoms with van der Waals surface area (Å²) < 4.78 is 37.6. The maximum absolute atomic E-state index is 13.4. The summed E-state index contributed by atoms with van der Waals surface area (Å²) in [6.07, 6.45) is 0.313. The number of benzene rings is 4. The van der Waals surface area contributed by atoms with Gasteiger partial charge >= 0.3 is 29.6 Å². The Kier molecular flexibility index (Phi) is 10.0. The number of azo groups is 1. The molecule has 9 nitrogen and oxygen atoms in total. The van der Waals surface area contributed by atoms with Crippen molar-refractivity contribution in [2.45, 2.75) is 18.2 Å². The van der Waals surface area contributed by atoms with Gasteiger partial charge in [-0.25, -0.2) is 0 Å². The maximum Gasteiger partial charge on any atom is 1.00 e. The first-order chi connectivity index (χ1) is 18.0. The van der Waals surface area contributed by atoms with Gasteiger partial charge in [0.15, 0.2) is 0 Å². The molecule has 4 rings (SSSR count). The van der Waals surface area contributed by atoms with Gasteiger partial charge in [-0.1, -0.05) is 60.1 Å². The van der Waals surface area contributed by atoms with Crippen molar-refractivity contribution in [2.24, 2.45) is 10.2 Å².